The molecule has 5 aliphatic rings. The molecule has 0 aromatic rings. The Morgan fingerprint density at radius 3 is 2.20 bits per heavy atom. The average molecular weight is 491 g/mol. The highest BCUT2D eigenvalue weighted by Crippen LogP contribution is 2.77. The van der Waals surface area contributed by atoms with Gasteiger partial charge in [0.2, 0.25) is 0 Å². The Labute approximate surface area is 212 Å². The number of hydrogen-bond acceptors (Lipinski definition) is 4. The molecule has 0 radical (unpaired) electrons. The summed E-state index contributed by atoms with van der Waals surface area (Å²) >= 11 is 0. The SMILES string of the molecule is C[C@@H]1[C@H]2[C@H]3CC[C@@H]4[C@@]5(C)C[C@@H](O)[C@H](O)C(C)(C)C5CC[C@@]4(C)[C@]3(CO)CC[C@@]2(C(=O)O)CC[C@H]1C. The van der Waals surface area contributed by atoms with Gasteiger partial charge >= 0.3 is 5.97 Å². The predicted molar refractivity (Wildman–Crippen MR) is 135 cm³/mol. The van der Waals surface area contributed by atoms with E-state index in [0.717, 1.165) is 44.9 Å². The molecule has 0 bridgehead atoms. The van der Waals surface area contributed by atoms with E-state index in [2.05, 4.69) is 41.5 Å². The molecule has 5 aliphatic carbocycles. The molecule has 35 heavy (non-hydrogen) atoms. The van der Waals surface area contributed by atoms with Crippen LogP contribution in [-0.4, -0.2) is 45.2 Å². The second-order valence-corrected chi connectivity index (χ2v) is 15.0. The zero-order valence-electron chi connectivity index (χ0n) is 22.9. The summed E-state index contributed by atoms with van der Waals surface area (Å²) in [6.45, 7) is 13.7. The summed E-state index contributed by atoms with van der Waals surface area (Å²) in [5.41, 5.74) is -1.47. The van der Waals surface area contributed by atoms with Gasteiger partial charge in [-0.05, 0) is 110 Å². The number of carboxylic acids is 1. The van der Waals surface area contributed by atoms with E-state index in [1.807, 2.05) is 0 Å². The number of carbonyl (C=O) groups is 1. The Balaban J connectivity index is 1.60. The van der Waals surface area contributed by atoms with Crippen LogP contribution in [0, 0.1) is 62.6 Å². The summed E-state index contributed by atoms with van der Waals surface area (Å²) in [7, 11) is 0. The molecule has 0 aromatic carbocycles. The number of aliphatic carboxylic acids is 1. The van der Waals surface area contributed by atoms with Gasteiger partial charge in [0, 0.05) is 12.0 Å². The van der Waals surface area contributed by atoms with E-state index in [1.54, 1.807) is 0 Å². The highest BCUT2D eigenvalue weighted by Gasteiger charge is 2.73. The Kier molecular flexibility index (Phi) is 5.88. The molecule has 0 aliphatic heterocycles. The quantitative estimate of drug-likeness (QED) is 0.431. The molecule has 0 saturated heterocycles. The minimum absolute atomic E-state index is 0.0981. The minimum atomic E-state index is -0.721. The van der Waals surface area contributed by atoms with Gasteiger partial charge in [0.15, 0.2) is 0 Å². The van der Waals surface area contributed by atoms with Crippen molar-refractivity contribution in [3.05, 3.63) is 0 Å². The average Bonchev–Trinajstić information content (AvgIpc) is 2.79. The standard InChI is InChI=1S/C30H50O5/c1-17-9-12-29(25(34)35)13-14-30(16-31)19(23(29)18(17)2)7-8-22-27(5)15-20(32)24(33)26(3,4)21(27)10-11-28(22,30)6/h17-24,31-33H,7-16H2,1-6H3,(H,34,35)/t17-,18+,19-,20-,21?,22-,23+,24+,27+,28-,29+,30+/m1/s1. The third-order valence-electron chi connectivity index (χ3n) is 13.9. The second-order valence-electron chi connectivity index (χ2n) is 15.0. The fourth-order valence-electron chi connectivity index (χ4n) is 12.0. The van der Waals surface area contributed by atoms with E-state index in [-0.39, 0.29) is 40.1 Å². The minimum Gasteiger partial charge on any atom is -0.481 e. The molecule has 0 aromatic heterocycles. The van der Waals surface area contributed by atoms with Crippen LogP contribution in [0.2, 0.25) is 0 Å². The number of fused-ring (bicyclic) bond motifs is 7. The van der Waals surface area contributed by atoms with Gasteiger partial charge in [-0.2, -0.15) is 0 Å². The maximum absolute atomic E-state index is 12.9. The monoisotopic (exact) mass is 490 g/mol. The summed E-state index contributed by atoms with van der Waals surface area (Å²) in [6, 6.07) is 0. The van der Waals surface area contributed by atoms with Crippen molar-refractivity contribution in [2.45, 2.75) is 112 Å². The van der Waals surface area contributed by atoms with Crippen LogP contribution in [0.15, 0.2) is 0 Å². The van der Waals surface area contributed by atoms with E-state index < -0.39 is 23.6 Å². The Morgan fingerprint density at radius 1 is 0.886 bits per heavy atom. The number of aliphatic hydroxyl groups is 3. The van der Waals surface area contributed by atoms with Crippen LogP contribution >= 0.6 is 0 Å². The van der Waals surface area contributed by atoms with Crippen molar-refractivity contribution in [3.8, 4) is 0 Å². The summed E-state index contributed by atoms with van der Waals surface area (Å²) in [5, 5.41) is 43.8. The Bertz CT molecular complexity index is 871. The molecule has 5 rings (SSSR count). The molecule has 5 saturated carbocycles. The first kappa shape index (κ1) is 26.0. The number of aliphatic hydroxyl groups excluding tert-OH is 3. The number of hydrogen-bond donors (Lipinski definition) is 4. The molecule has 5 fully saturated rings. The van der Waals surface area contributed by atoms with Crippen LogP contribution < -0.4 is 0 Å². The largest absolute Gasteiger partial charge is 0.481 e. The van der Waals surface area contributed by atoms with Crippen molar-refractivity contribution >= 4 is 5.97 Å². The first-order chi connectivity index (χ1) is 16.2. The zero-order valence-corrected chi connectivity index (χ0v) is 22.9. The fourth-order valence-corrected chi connectivity index (χ4v) is 12.0. The number of rotatable bonds is 2. The lowest BCUT2D eigenvalue weighted by Crippen LogP contribution is -2.71. The molecule has 0 heterocycles. The topological polar surface area (TPSA) is 98.0 Å². The lowest BCUT2D eigenvalue weighted by Gasteiger charge is -2.74. The van der Waals surface area contributed by atoms with E-state index in [1.165, 1.54) is 0 Å². The zero-order chi connectivity index (χ0) is 25.8. The normalized spacial score (nSPS) is 57.3. The highest BCUT2D eigenvalue weighted by molar-refractivity contribution is 5.75. The highest BCUT2D eigenvalue weighted by atomic mass is 16.4. The maximum Gasteiger partial charge on any atom is 0.309 e. The molecule has 12 atom stereocenters. The molecule has 0 amide bonds. The van der Waals surface area contributed by atoms with E-state index in [4.69, 9.17) is 0 Å². The van der Waals surface area contributed by atoms with Crippen LogP contribution in [0.1, 0.15) is 99.3 Å². The van der Waals surface area contributed by atoms with Gasteiger partial charge in [0.1, 0.15) is 0 Å². The lowest BCUT2D eigenvalue weighted by atomic mass is 9.30. The van der Waals surface area contributed by atoms with Crippen molar-refractivity contribution in [2.24, 2.45) is 62.6 Å². The van der Waals surface area contributed by atoms with E-state index >= 15 is 0 Å². The van der Waals surface area contributed by atoms with Crippen LogP contribution in [0.25, 0.3) is 0 Å². The fraction of sp³-hybridized carbons (Fsp3) is 0.967. The molecular weight excluding hydrogens is 440 g/mol. The first-order valence-electron chi connectivity index (χ1n) is 14.4. The number of carboxylic acid groups (broad SMARTS) is 1. The summed E-state index contributed by atoms with van der Waals surface area (Å²) in [6.07, 6.45) is 6.42. The van der Waals surface area contributed by atoms with Gasteiger partial charge in [-0.25, -0.2) is 0 Å². The van der Waals surface area contributed by atoms with Gasteiger partial charge < -0.3 is 20.4 Å². The smallest absolute Gasteiger partial charge is 0.309 e. The molecule has 5 nitrogen and oxygen atoms in total. The summed E-state index contributed by atoms with van der Waals surface area (Å²) < 4.78 is 0. The second kappa shape index (κ2) is 7.93. The summed E-state index contributed by atoms with van der Waals surface area (Å²) in [5.74, 6) is 1.26. The summed E-state index contributed by atoms with van der Waals surface area (Å²) in [4.78, 5) is 12.9. The predicted octanol–water partition coefficient (Wildman–Crippen LogP) is 5.11. The Morgan fingerprint density at radius 2 is 1.57 bits per heavy atom. The third-order valence-corrected chi connectivity index (χ3v) is 13.9. The van der Waals surface area contributed by atoms with Gasteiger partial charge in [0.25, 0.3) is 0 Å². The first-order valence-corrected chi connectivity index (χ1v) is 14.4. The van der Waals surface area contributed by atoms with Crippen LogP contribution in [0.5, 0.6) is 0 Å². The van der Waals surface area contributed by atoms with Gasteiger partial charge in [-0.1, -0.05) is 41.5 Å². The van der Waals surface area contributed by atoms with E-state index in [0.29, 0.717) is 36.5 Å². The van der Waals surface area contributed by atoms with E-state index in [9.17, 15) is 25.2 Å². The van der Waals surface area contributed by atoms with Crippen molar-refractivity contribution in [2.75, 3.05) is 6.61 Å². The molecule has 1 unspecified atom stereocenters. The molecule has 5 heteroatoms. The maximum atomic E-state index is 12.9. The van der Waals surface area contributed by atoms with Gasteiger partial charge in [0.05, 0.1) is 17.6 Å². The van der Waals surface area contributed by atoms with Crippen molar-refractivity contribution in [1.82, 2.24) is 0 Å². The molecule has 4 N–H and O–H groups in total. The van der Waals surface area contributed by atoms with Crippen LogP contribution in [-0.2, 0) is 4.79 Å². The third kappa shape index (κ3) is 3.01. The van der Waals surface area contributed by atoms with Gasteiger partial charge in [-0.3, -0.25) is 4.79 Å². The van der Waals surface area contributed by atoms with Crippen molar-refractivity contribution in [3.63, 3.8) is 0 Å². The Hall–Kier alpha value is -0.650. The van der Waals surface area contributed by atoms with Crippen molar-refractivity contribution < 1.29 is 25.2 Å². The molecular formula is C30H50O5. The van der Waals surface area contributed by atoms with Gasteiger partial charge in [-0.15, -0.1) is 0 Å². The lowest BCUT2D eigenvalue weighted by molar-refractivity contribution is -0.281. The van der Waals surface area contributed by atoms with Crippen LogP contribution in [0.3, 0.4) is 0 Å². The van der Waals surface area contributed by atoms with Crippen molar-refractivity contribution in [1.29, 1.82) is 0 Å². The van der Waals surface area contributed by atoms with Crippen LogP contribution in [0.4, 0.5) is 0 Å². The molecule has 0 spiro atoms. The molecule has 200 valence electrons.